The summed E-state index contributed by atoms with van der Waals surface area (Å²) in [4.78, 5) is 21.0. The monoisotopic (exact) mass is 319 g/mol. The van der Waals surface area contributed by atoms with Crippen molar-refractivity contribution in [2.75, 3.05) is 57.5 Å². The molecule has 1 spiro atoms. The van der Waals surface area contributed by atoms with E-state index in [2.05, 4.69) is 9.88 Å². The van der Waals surface area contributed by atoms with Crippen molar-refractivity contribution >= 4 is 11.7 Å². The zero-order valence-electron chi connectivity index (χ0n) is 13.7. The predicted molar refractivity (Wildman–Crippen MR) is 87.4 cm³/mol. The summed E-state index contributed by atoms with van der Waals surface area (Å²) in [5.74, 6) is 1.06. The summed E-state index contributed by atoms with van der Waals surface area (Å²) in [6, 6.07) is 5.97. The summed E-state index contributed by atoms with van der Waals surface area (Å²) in [6.45, 7) is 7.15. The van der Waals surface area contributed by atoms with Gasteiger partial charge in [0.25, 0.3) is 0 Å². The minimum atomic E-state index is -0.00407. The van der Waals surface area contributed by atoms with E-state index < -0.39 is 0 Å². The Kier molecular flexibility index (Phi) is 5.13. The second kappa shape index (κ2) is 7.27. The van der Waals surface area contributed by atoms with Gasteiger partial charge in [-0.2, -0.15) is 0 Å². The second-order valence-corrected chi connectivity index (χ2v) is 6.36. The summed E-state index contributed by atoms with van der Waals surface area (Å²) < 4.78 is 11.1. The lowest BCUT2D eigenvalue weighted by Crippen LogP contribution is -2.44. The third-order valence-electron chi connectivity index (χ3n) is 4.63. The fraction of sp³-hybridized carbons (Fsp3) is 0.647. The molecule has 0 bridgehead atoms. The van der Waals surface area contributed by atoms with Gasteiger partial charge >= 0.3 is 0 Å². The topological polar surface area (TPSA) is 54.9 Å². The van der Waals surface area contributed by atoms with E-state index in [9.17, 15) is 4.79 Å². The van der Waals surface area contributed by atoms with E-state index in [1.807, 2.05) is 36.2 Å². The Morgan fingerprint density at radius 3 is 3.09 bits per heavy atom. The van der Waals surface area contributed by atoms with Crippen molar-refractivity contribution in [2.24, 2.45) is 5.41 Å². The first kappa shape index (κ1) is 16.2. The standard InChI is InChI=1S/C17H25N3O3/c1-2-22-11-16(21)20-9-10-23-14-17(13-20)6-8-19(12-17)15-5-3-4-7-18-15/h3-5,7H,2,6,8-14H2,1H3/t17-/m1/s1. The lowest BCUT2D eigenvalue weighted by atomic mass is 9.87. The number of hydrogen-bond acceptors (Lipinski definition) is 5. The Morgan fingerprint density at radius 1 is 1.39 bits per heavy atom. The minimum absolute atomic E-state index is 0.00407. The van der Waals surface area contributed by atoms with Crippen molar-refractivity contribution in [1.82, 2.24) is 9.88 Å². The number of carbonyl (C=O) groups excluding carboxylic acids is 1. The molecule has 1 amide bonds. The molecule has 6 nitrogen and oxygen atoms in total. The maximum absolute atomic E-state index is 12.3. The van der Waals surface area contributed by atoms with Gasteiger partial charge in [-0.05, 0) is 25.5 Å². The van der Waals surface area contributed by atoms with Crippen LogP contribution in [-0.4, -0.2) is 68.4 Å². The molecular weight excluding hydrogens is 294 g/mol. The van der Waals surface area contributed by atoms with E-state index in [1.54, 1.807) is 0 Å². The van der Waals surface area contributed by atoms with Gasteiger partial charge in [0, 0.05) is 44.4 Å². The van der Waals surface area contributed by atoms with Crippen molar-refractivity contribution < 1.29 is 14.3 Å². The zero-order valence-corrected chi connectivity index (χ0v) is 13.7. The molecular formula is C17H25N3O3. The quantitative estimate of drug-likeness (QED) is 0.834. The zero-order chi connectivity index (χ0) is 16.1. The Labute approximate surface area is 137 Å². The molecule has 0 radical (unpaired) electrons. The fourth-order valence-electron chi connectivity index (χ4n) is 3.40. The highest BCUT2D eigenvalue weighted by atomic mass is 16.5. The summed E-state index contributed by atoms with van der Waals surface area (Å²) in [5, 5.41) is 0. The van der Waals surface area contributed by atoms with Crippen LogP contribution >= 0.6 is 0 Å². The van der Waals surface area contributed by atoms with Crippen molar-refractivity contribution in [1.29, 1.82) is 0 Å². The first-order valence-electron chi connectivity index (χ1n) is 8.32. The molecule has 2 fully saturated rings. The molecule has 3 rings (SSSR count). The van der Waals surface area contributed by atoms with Gasteiger partial charge in [0.05, 0.1) is 13.2 Å². The molecule has 126 valence electrons. The van der Waals surface area contributed by atoms with Gasteiger partial charge < -0.3 is 19.3 Å². The molecule has 2 aliphatic rings. The van der Waals surface area contributed by atoms with Gasteiger partial charge in [0.1, 0.15) is 12.4 Å². The van der Waals surface area contributed by atoms with Crippen LogP contribution in [0.1, 0.15) is 13.3 Å². The lowest BCUT2D eigenvalue weighted by molar-refractivity contribution is -0.137. The molecule has 3 heterocycles. The van der Waals surface area contributed by atoms with Gasteiger partial charge in [-0.1, -0.05) is 6.07 Å². The average molecular weight is 319 g/mol. The number of anilines is 1. The highest BCUT2D eigenvalue weighted by Gasteiger charge is 2.42. The van der Waals surface area contributed by atoms with Crippen LogP contribution in [-0.2, 0) is 14.3 Å². The highest BCUT2D eigenvalue weighted by Crippen LogP contribution is 2.35. The van der Waals surface area contributed by atoms with E-state index >= 15 is 0 Å². The van der Waals surface area contributed by atoms with E-state index in [4.69, 9.17) is 9.47 Å². The highest BCUT2D eigenvalue weighted by molar-refractivity contribution is 5.77. The molecule has 6 heteroatoms. The third-order valence-corrected chi connectivity index (χ3v) is 4.63. The Morgan fingerprint density at radius 2 is 2.30 bits per heavy atom. The first-order valence-corrected chi connectivity index (χ1v) is 8.32. The molecule has 23 heavy (non-hydrogen) atoms. The fourth-order valence-corrected chi connectivity index (χ4v) is 3.40. The summed E-state index contributed by atoms with van der Waals surface area (Å²) in [6.07, 6.45) is 2.84. The molecule has 0 saturated carbocycles. The summed E-state index contributed by atoms with van der Waals surface area (Å²) >= 11 is 0. The van der Waals surface area contributed by atoms with Gasteiger partial charge in [-0.15, -0.1) is 0 Å². The number of amides is 1. The van der Waals surface area contributed by atoms with Gasteiger partial charge in [0.15, 0.2) is 0 Å². The van der Waals surface area contributed by atoms with Crippen molar-refractivity contribution in [3.63, 3.8) is 0 Å². The maximum Gasteiger partial charge on any atom is 0.248 e. The molecule has 1 aromatic rings. The van der Waals surface area contributed by atoms with E-state index in [0.717, 1.165) is 31.9 Å². The lowest BCUT2D eigenvalue weighted by Gasteiger charge is -2.32. The van der Waals surface area contributed by atoms with E-state index in [0.29, 0.717) is 26.4 Å². The van der Waals surface area contributed by atoms with E-state index in [1.165, 1.54) is 0 Å². The Bertz CT molecular complexity index is 525. The Hall–Kier alpha value is -1.66. The molecule has 0 aromatic carbocycles. The van der Waals surface area contributed by atoms with Crippen molar-refractivity contribution in [2.45, 2.75) is 13.3 Å². The van der Waals surface area contributed by atoms with Crippen LogP contribution in [0.2, 0.25) is 0 Å². The smallest absolute Gasteiger partial charge is 0.248 e. The van der Waals surface area contributed by atoms with Crippen molar-refractivity contribution in [3.8, 4) is 0 Å². The number of carbonyl (C=O) groups is 1. The third kappa shape index (κ3) is 3.82. The molecule has 0 aliphatic carbocycles. The number of nitrogens with zero attached hydrogens (tertiary/aromatic N) is 3. The number of ether oxygens (including phenoxy) is 2. The number of aromatic nitrogens is 1. The van der Waals surface area contributed by atoms with Crippen LogP contribution in [0.5, 0.6) is 0 Å². The SMILES string of the molecule is CCOCC(=O)N1CCOC[C@@]2(CCN(c3ccccn3)C2)C1. The molecule has 0 unspecified atom stereocenters. The van der Waals surface area contributed by atoms with Gasteiger partial charge in [-0.3, -0.25) is 4.79 Å². The molecule has 1 aromatic heterocycles. The van der Waals surface area contributed by atoms with Crippen LogP contribution in [0.25, 0.3) is 0 Å². The second-order valence-electron chi connectivity index (χ2n) is 6.36. The van der Waals surface area contributed by atoms with Gasteiger partial charge in [0.2, 0.25) is 5.91 Å². The normalized spacial score (nSPS) is 24.9. The van der Waals surface area contributed by atoms with Crippen LogP contribution in [0.15, 0.2) is 24.4 Å². The number of hydrogen-bond donors (Lipinski definition) is 0. The molecule has 1 atom stereocenters. The van der Waals surface area contributed by atoms with Crippen LogP contribution in [0.3, 0.4) is 0 Å². The van der Waals surface area contributed by atoms with E-state index in [-0.39, 0.29) is 17.9 Å². The largest absolute Gasteiger partial charge is 0.379 e. The van der Waals surface area contributed by atoms with Crippen LogP contribution in [0.4, 0.5) is 5.82 Å². The van der Waals surface area contributed by atoms with Gasteiger partial charge in [-0.25, -0.2) is 4.98 Å². The minimum Gasteiger partial charge on any atom is -0.379 e. The Balaban J connectivity index is 1.67. The molecule has 0 N–H and O–H groups in total. The molecule has 2 aliphatic heterocycles. The molecule has 2 saturated heterocycles. The van der Waals surface area contributed by atoms with Crippen molar-refractivity contribution in [3.05, 3.63) is 24.4 Å². The average Bonchev–Trinajstić information content (AvgIpc) is 2.88. The first-order chi connectivity index (χ1) is 11.2. The predicted octanol–water partition coefficient (Wildman–Crippen LogP) is 1.17. The number of pyridine rings is 1. The van der Waals surface area contributed by atoms with Crippen LogP contribution < -0.4 is 4.90 Å². The number of rotatable bonds is 4. The maximum atomic E-state index is 12.3. The summed E-state index contributed by atoms with van der Waals surface area (Å²) in [7, 11) is 0. The van der Waals surface area contributed by atoms with Crippen LogP contribution in [0, 0.1) is 5.41 Å². The summed E-state index contributed by atoms with van der Waals surface area (Å²) in [5.41, 5.74) is -0.00407.